The van der Waals surface area contributed by atoms with E-state index in [1.165, 1.54) is 16.7 Å². The first-order valence-electron chi connectivity index (χ1n) is 4.49. The first kappa shape index (κ1) is 7.81. The van der Waals surface area contributed by atoms with E-state index in [0.717, 1.165) is 12.8 Å². The average molecular weight is 161 g/mol. The van der Waals surface area contributed by atoms with E-state index in [4.69, 9.17) is 5.73 Å². The van der Waals surface area contributed by atoms with Crippen LogP contribution in [0.4, 0.5) is 0 Å². The molecule has 2 N–H and O–H groups in total. The van der Waals surface area contributed by atoms with Crippen LogP contribution < -0.4 is 5.73 Å². The third kappa shape index (κ3) is 0.969. The topological polar surface area (TPSA) is 26.0 Å². The highest BCUT2D eigenvalue weighted by molar-refractivity contribution is 5.43. The molecule has 1 aliphatic rings. The number of nitrogens with two attached hydrogens (primary N) is 1. The van der Waals surface area contributed by atoms with Crippen LogP contribution in [0.5, 0.6) is 0 Å². The Hall–Kier alpha value is -0.820. The van der Waals surface area contributed by atoms with E-state index in [2.05, 4.69) is 32.0 Å². The smallest absolute Gasteiger partial charge is 0.0389 e. The van der Waals surface area contributed by atoms with E-state index in [9.17, 15) is 0 Å². The van der Waals surface area contributed by atoms with Crippen molar-refractivity contribution in [2.24, 2.45) is 5.73 Å². The highest BCUT2D eigenvalue weighted by atomic mass is 14.7. The Morgan fingerprint density at radius 2 is 2.17 bits per heavy atom. The van der Waals surface area contributed by atoms with E-state index in [1.807, 2.05) is 0 Å². The summed E-state index contributed by atoms with van der Waals surface area (Å²) < 4.78 is 0. The average Bonchev–Trinajstić information content (AvgIpc) is 2.29. The van der Waals surface area contributed by atoms with Crippen molar-refractivity contribution in [3.63, 3.8) is 0 Å². The molecule has 0 radical (unpaired) electrons. The van der Waals surface area contributed by atoms with Crippen molar-refractivity contribution in [1.82, 2.24) is 0 Å². The van der Waals surface area contributed by atoms with Crippen molar-refractivity contribution in [2.75, 3.05) is 0 Å². The first-order valence-corrected chi connectivity index (χ1v) is 4.49. The van der Waals surface area contributed by atoms with E-state index >= 15 is 0 Å². The molecule has 1 atom stereocenters. The molecule has 1 aromatic rings. The molecule has 0 heterocycles. The molecule has 64 valence electrons. The zero-order valence-electron chi connectivity index (χ0n) is 7.72. The van der Waals surface area contributed by atoms with Gasteiger partial charge in [-0.3, -0.25) is 0 Å². The lowest BCUT2D eigenvalue weighted by molar-refractivity contribution is 0.490. The number of benzene rings is 1. The second-order valence-corrected chi connectivity index (χ2v) is 4.03. The lowest BCUT2D eigenvalue weighted by Crippen LogP contribution is -2.30. The van der Waals surface area contributed by atoms with Crippen LogP contribution in [0.15, 0.2) is 18.2 Å². The second-order valence-electron chi connectivity index (χ2n) is 4.03. The maximum Gasteiger partial charge on any atom is 0.0389 e. The van der Waals surface area contributed by atoms with Crippen LogP contribution in [-0.4, -0.2) is 0 Å². The molecular formula is C11H15N. The summed E-state index contributed by atoms with van der Waals surface area (Å²) >= 11 is 0. The lowest BCUT2D eigenvalue weighted by Gasteiger charge is -2.20. The van der Waals surface area contributed by atoms with Gasteiger partial charge in [0.1, 0.15) is 0 Å². The molecule has 2 rings (SSSR count). The Kier molecular flexibility index (Phi) is 1.52. The molecule has 0 saturated carbocycles. The molecule has 0 saturated heterocycles. The summed E-state index contributed by atoms with van der Waals surface area (Å²) in [5.41, 5.74) is 10.3. The molecule has 1 aliphatic carbocycles. The van der Waals surface area contributed by atoms with Crippen LogP contribution in [0, 0.1) is 6.92 Å². The predicted molar refractivity (Wildman–Crippen MR) is 51.0 cm³/mol. The summed E-state index contributed by atoms with van der Waals surface area (Å²) in [7, 11) is 0. The molecule has 0 amide bonds. The summed E-state index contributed by atoms with van der Waals surface area (Å²) in [4.78, 5) is 0. The molecule has 0 bridgehead atoms. The minimum absolute atomic E-state index is 0.0827. The summed E-state index contributed by atoms with van der Waals surface area (Å²) in [6.07, 6.45) is 2.23. The van der Waals surface area contributed by atoms with Crippen molar-refractivity contribution in [2.45, 2.75) is 32.2 Å². The molecule has 12 heavy (non-hydrogen) atoms. The van der Waals surface area contributed by atoms with Crippen LogP contribution in [0.25, 0.3) is 0 Å². The fourth-order valence-corrected chi connectivity index (χ4v) is 2.27. The quantitative estimate of drug-likeness (QED) is 0.619. The molecular weight excluding hydrogens is 146 g/mol. The van der Waals surface area contributed by atoms with Gasteiger partial charge in [-0.05, 0) is 43.4 Å². The Balaban J connectivity index is 2.64. The highest BCUT2D eigenvalue weighted by Gasteiger charge is 2.31. The molecule has 0 aromatic heterocycles. The molecule has 0 aliphatic heterocycles. The Labute approximate surface area is 73.6 Å². The molecule has 1 aromatic carbocycles. The van der Waals surface area contributed by atoms with Crippen LogP contribution in [0.3, 0.4) is 0 Å². The Morgan fingerprint density at radius 1 is 1.42 bits per heavy atom. The van der Waals surface area contributed by atoms with Gasteiger partial charge in [0.25, 0.3) is 0 Å². The number of hydrogen-bond donors (Lipinski definition) is 1. The van der Waals surface area contributed by atoms with Crippen molar-refractivity contribution >= 4 is 0 Å². The number of rotatable bonds is 0. The van der Waals surface area contributed by atoms with Crippen LogP contribution >= 0.6 is 0 Å². The third-order valence-electron chi connectivity index (χ3n) is 2.84. The van der Waals surface area contributed by atoms with E-state index in [-0.39, 0.29) is 5.54 Å². The van der Waals surface area contributed by atoms with Gasteiger partial charge in [0, 0.05) is 5.54 Å². The van der Waals surface area contributed by atoms with Gasteiger partial charge in [0.2, 0.25) is 0 Å². The molecule has 1 heteroatoms. The standard InChI is InChI=1S/C11H15N/c1-8-4-3-5-9-6-7-11(2,12)10(8)9/h3-5H,6-7,12H2,1-2H3. The highest BCUT2D eigenvalue weighted by Crippen LogP contribution is 2.36. The van der Waals surface area contributed by atoms with Crippen molar-refractivity contribution in [3.05, 3.63) is 34.9 Å². The van der Waals surface area contributed by atoms with Gasteiger partial charge >= 0.3 is 0 Å². The van der Waals surface area contributed by atoms with Gasteiger partial charge in [-0.2, -0.15) is 0 Å². The van der Waals surface area contributed by atoms with Crippen LogP contribution in [0.2, 0.25) is 0 Å². The fourth-order valence-electron chi connectivity index (χ4n) is 2.27. The Morgan fingerprint density at radius 3 is 2.83 bits per heavy atom. The summed E-state index contributed by atoms with van der Waals surface area (Å²) in [5, 5.41) is 0. The van der Waals surface area contributed by atoms with Crippen molar-refractivity contribution in [3.8, 4) is 0 Å². The van der Waals surface area contributed by atoms with E-state index < -0.39 is 0 Å². The van der Waals surface area contributed by atoms with Crippen molar-refractivity contribution < 1.29 is 0 Å². The SMILES string of the molecule is Cc1cccc2c1C(C)(N)CC2. The lowest BCUT2D eigenvalue weighted by atomic mass is 9.92. The predicted octanol–water partition coefficient (Wildman–Crippen LogP) is 2.12. The number of fused-ring (bicyclic) bond motifs is 1. The van der Waals surface area contributed by atoms with Gasteiger partial charge in [-0.15, -0.1) is 0 Å². The summed E-state index contributed by atoms with van der Waals surface area (Å²) in [5.74, 6) is 0. The molecule has 1 unspecified atom stereocenters. The van der Waals surface area contributed by atoms with Gasteiger partial charge in [-0.25, -0.2) is 0 Å². The van der Waals surface area contributed by atoms with Crippen LogP contribution in [0.1, 0.15) is 30.0 Å². The largest absolute Gasteiger partial charge is 0.322 e. The zero-order chi connectivity index (χ0) is 8.77. The maximum atomic E-state index is 6.19. The summed E-state index contributed by atoms with van der Waals surface area (Å²) in [6, 6.07) is 6.46. The third-order valence-corrected chi connectivity index (χ3v) is 2.84. The minimum atomic E-state index is -0.0827. The van der Waals surface area contributed by atoms with Crippen LogP contribution in [-0.2, 0) is 12.0 Å². The zero-order valence-corrected chi connectivity index (χ0v) is 7.72. The monoisotopic (exact) mass is 161 g/mol. The minimum Gasteiger partial charge on any atom is -0.322 e. The number of aryl methyl sites for hydroxylation is 2. The maximum absolute atomic E-state index is 6.19. The van der Waals surface area contributed by atoms with Gasteiger partial charge in [0.15, 0.2) is 0 Å². The van der Waals surface area contributed by atoms with E-state index in [0.29, 0.717) is 0 Å². The van der Waals surface area contributed by atoms with Gasteiger partial charge < -0.3 is 5.73 Å². The molecule has 1 nitrogen and oxygen atoms in total. The second kappa shape index (κ2) is 2.33. The van der Waals surface area contributed by atoms with Gasteiger partial charge in [-0.1, -0.05) is 18.2 Å². The number of hydrogen-bond acceptors (Lipinski definition) is 1. The fraction of sp³-hybridized carbons (Fsp3) is 0.455. The normalized spacial score (nSPS) is 27.2. The molecule has 0 spiro atoms. The Bertz CT molecular complexity index is 313. The van der Waals surface area contributed by atoms with Gasteiger partial charge in [0.05, 0.1) is 0 Å². The first-order chi connectivity index (χ1) is 5.61. The van der Waals surface area contributed by atoms with Crippen molar-refractivity contribution in [1.29, 1.82) is 0 Å². The van der Waals surface area contributed by atoms with E-state index in [1.54, 1.807) is 0 Å². The molecule has 0 fully saturated rings. The summed E-state index contributed by atoms with van der Waals surface area (Å²) in [6.45, 7) is 4.28.